The van der Waals surface area contributed by atoms with E-state index >= 15 is 0 Å². The van der Waals surface area contributed by atoms with Crippen LogP contribution in [0.5, 0.6) is 23.0 Å². The molecular weight excluding hydrogens is 408 g/mol. The van der Waals surface area contributed by atoms with E-state index in [9.17, 15) is 15.0 Å². The molecule has 0 spiro atoms. The van der Waals surface area contributed by atoms with Crippen LogP contribution in [0.1, 0.15) is 21.5 Å². The number of hydrogen-bond acceptors (Lipinski definition) is 4. The molecule has 0 aliphatic rings. The zero-order valence-corrected chi connectivity index (χ0v) is 16.1. The molecule has 0 fully saturated rings. The summed E-state index contributed by atoms with van der Waals surface area (Å²) in [5.74, 6) is 0.710. The van der Waals surface area contributed by atoms with E-state index in [4.69, 9.17) is 4.74 Å². The van der Waals surface area contributed by atoms with Gasteiger partial charge in [-0.2, -0.15) is 0 Å². The third kappa shape index (κ3) is 4.77. The number of ketones is 1. The van der Waals surface area contributed by atoms with Crippen LogP contribution in [-0.4, -0.2) is 16.0 Å². The first-order valence-electron chi connectivity index (χ1n) is 8.21. The lowest BCUT2D eigenvalue weighted by Crippen LogP contribution is -1.94. The maximum atomic E-state index is 12.3. The molecule has 3 aromatic carbocycles. The van der Waals surface area contributed by atoms with Crippen LogP contribution in [0.25, 0.3) is 6.08 Å². The van der Waals surface area contributed by atoms with Gasteiger partial charge in [-0.25, -0.2) is 0 Å². The first kappa shape index (κ1) is 18.7. The second kappa shape index (κ2) is 8.10. The van der Waals surface area contributed by atoms with Crippen molar-refractivity contribution in [2.75, 3.05) is 0 Å². The summed E-state index contributed by atoms with van der Waals surface area (Å²) in [6.07, 6.45) is 2.98. The molecule has 0 saturated carbocycles. The Hall–Kier alpha value is -3.05. The molecular formula is C22H17BrO4. The average Bonchev–Trinajstić information content (AvgIpc) is 2.66. The van der Waals surface area contributed by atoms with E-state index in [1.165, 1.54) is 12.1 Å². The Morgan fingerprint density at radius 1 is 0.963 bits per heavy atom. The quantitative estimate of drug-likeness (QED) is 0.305. The number of carbonyl (C=O) groups is 1. The molecule has 0 aliphatic carbocycles. The van der Waals surface area contributed by atoms with E-state index in [2.05, 4.69) is 15.9 Å². The number of ether oxygens (including phenoxy) is 1. The molecule has 0 atom stereocenters. The summed E-state index contributed by atoms with van der Waals surface area (Å²) in [6.45, 7) is 2.01. The van der Waals surface area contributed by atoms with Gasteiger partial charge in [0.05, 0.1) is 4.47 Å². The summed E-state index contributed by atoms with van der Waals surface area (Å²) in [4.78, 5) is 12.3. The number of aromatic hydroxyl groups is 2. The molecule has 4 nitrogen and oxygen atoms in total. The van der Waals surface area contributed by atoms with Crippen molar-refractivity contribution < 1.29 is 19.7 Å². The maximum Gasteiger partial charge on any atom is 0.185 e. The van der Waals surface area contributed by atoms with Gasteiger partial charge in [0.2, 0.25) is 0 Å². The molecule has 3 aromatic rings. The van der Waals surface area contributed by atoms with Crippen LogP contribution in [0, 0.1) is 6.92 Å². The van der Waals surface area contributed by atoms with E-state index in [-0.39, 0.29) is 17.3 Å². The molecule has 0 heterocycles. The monoisotopic (exact) mass is 424 g/mol. The highest BCUT2D eigenvalue weighted by Gasteiger charge is 2.07. The third-order valence-corrected chi connectivity index (χ3v) is 4.49. The van der Waals surface area contributed by atoms with Crippen molar-refractivity contribution in [3.63, 3.8) is 0 Å². The minimum absolute atomic E-state index is 0.180. The highest BCUT2D eigenvalue weighted by molar-refractivity contribution is 9.10. The van der Waals surface area contributed by atoms with Crippen molar-refractivity contribution in [3.05, 3.63) is 87.9 Å². The highest BCUT2D eigenvalue weighted by Crippen LogP contribution is 2.34. The van der Waals surface area contributed by atoms with E-state index in [0.29, 0.717) is 21.3 Å². The molecule has 5 heteroatoms. The summed E-state index contributed by atoms with van der Waals surface area (Å²) in [5.41, 5.74) is 2.26. The third-order valence-electron chi connectivity index (χ3n) is 3.89. The molecule has 0 saturated heterocycles. The highest BCUT2D eigenvalue weighted by atomic mass is 79.9. The lowest BCUT2D eigenvalue weighted by Gasteiger charge is -2.06. The number of benzene rings is 3. The van der Waals surface area contributed by atoms with Crippen molar-refractivity contribution >= 4 is 27.8 Å². The van der Waals surface area contributed by atoms with Crippen LogP contribution in [0.3, 0.4) is 0 Å². The Labute approximate surface area is 165 Å². The van der Waals surface area contributed by atoms with Crippen LogP contribution >= 0.6 is 15.9 Å². The second-order valence-electron chi connectivity index (χ2n) is 6.01. The number of phenols is 2. The SMILES string of the molecule is Cc1ccc(Oc2ccc(C(=O)/C=C/c3cc(O)c(O)c(Br)c3)cc2)cc1. The fourth-order valence-electron chi connectivity index (χ4n) is 2.40. The van der Waals surface area contributed by atoms with Gasteiger partial charge in [0.1, 0.15) is 11.5 Å². The van der Waals surface area contributed by atoms with Gasteiger partial charge >= 0.3 is 0 Å². The lowest BCUT2D eigenvalue weighted by atomic mass is 10.1. The van der Waals surface area contributed by atoms with Crippen LogP contribution in [0.4, 0.5) is 0 Å². The first-order valence-corrected chi connectivity index (χ1v) is 9.00. The van der Waals surface area contributed by atoms with E-state index in [1.54, 1.807) is 36.4 Å². The van der Waals surface area contributed by atoms with Gasteiger partial charge in [-0.1, -0.05) is 23.8 Å². The van der Waals surface area contributed by atoms with Crippen LogP contribution in [-0.2, 0) is 0 Å². The van der Waals surface area contributed by atoms with Gasteiger partial charge in [-0.3, -0.25) is 4.79 Å². The van der Waals surface area contributed by atoms with E-state index < -0.39 is 0 Å². The number of phenolic OH excluding ortho intramolecular Hbond substituents is 2. The minimum Gasteiger partial charge on any atom is -0.504 e. The van der Waals surface area contributed by atoms with E-state index in [1.807, 2.05) is 31.2 Å². The van der Waals surface area contributed by atoms with Gasteiger partial charge in [0.25, 0.3) is 0 Å². The average molecular weight is 425 g/mol. The number of hydrogen-bond donors (Lipinski definition) is 2. The van der Waals surface area contributed by atoms with Crippen LogP contribution < -0.4 is 4.74 Å². The number of allylic oxidation sites excluding steroid dienone is 1. The zero-order valence-electron chi connectivity index (χ0n) is 14.5. The summed E-state index contributed by atoms with van der Waals surface area (Å²) in [5, 5.41) is 19.1. The molecule has 0 aromatic heterocycles. The first-order chi connectivity index (χ1) is 12.9. The van der Waals surface area contributed by atoms with Crippen molar-refractivity contribution in [1.82, 2.24) is 0 Å². The van der Waals surface area contributed by atoms with Crippen molar-refractivity contribution in [1.29, 1.82) is 0 Å². The largest absolute Gasteiger partial charge is 0.504 e. The molecule has 0 unspecified atom stereocenters. The number of rotatable bonds is 5. The molecule has 0 amide bonds. The maximum absolute atomic E-state index is 12.3. The lowest BCUT2D eigenvalue weighted by molar-refractivity contribution is 0.104. The smallest absolute Gasteiger partial charge is 0.185 e. The Kier molecular flexibility index (Phi) is 5.62. The Morgan fingerprint density at radius 2 is 1.56 bits per heavy atom. The zero-order chi connectivity index (χ0) is 19.4. The fraction of sp³-hybridized carbons (Fsp3) is 0.0455. The summed E-state index contributed by atoms with van der Waals surface area (Å²) in [7, 11) is 0. The van der Waals surface area contributed by atoms with Crippen molar-refractivity contribution in [2.24, 2.45) is 0 Å². The van der Waals surface area contributed by atoms with Gasteiger partial charge in [-0.05, 0) is 83.0 Å². The predicted molar refractivity (Wildman–Crippen MR) is 109 cm³/mol. The molecule has 3 rings (SSSR count). The van der Waals surface area contributed by atoms with Gasteiger partial charge in [0, 0.05) is 5.56 Å². The Bertz CT molecular complexity index is 967. The van der Waals surface area contributed by atoms with Gasteiger partial charge < -0.3 is 14.9 Å². The standard InChI is InChI=1S/C22H17BrO4/c1-14-2-7-17(8-3-14)27-18-9-5-16(6-10-18)20(24)11-4-15-12-19(23)22(26)21(25)13-15/h2-13,25-26H,1H3/b11-4+. The molecule has 136 valence electrons. The Balaban J connectivity index is 1.69. The van der Waals surface area contributed by atoms with E-state index in [0.717, 1.165) is 11.3 Å². The number of aryl methyl sites for hydroxylation is 1. The normalized spacial score (nSPS) is 10.9. The minimum atomic E-state index is -0.255. The Morgan fingerprint density at radius 3 is 2.15 bits per heavy atom. The topological polar surface area (TPSA) is 66.8 Å². The fourth-order valence-corrected chi connectivity index (χ4v) is 2.87. The summed E-state index contributed by atoms with van der Waals surface area (Å²) in [6, 6.07) is 17.6. The van der Waals surface area contributed by atoms with Gasteiger partial charge in [0.15, 0.2) is 17.3 Å². The molecule has 0 bridgehead atoms. The number of halogens is 1. The van der Waals surface area contributed by atoms with Crippen molar-refractivity contribution in [2.45, 2.75) is 6.92 Å². The predicted octanol–water partition coefficient (Wildman–Crippen LogP) is 5.86. The molecule has 0 radical (unpaired) electrons. The van der Waals surface area contributed by atoms with Crippen LogP contribution in [0.15, 0.2) is 71.2 Å². The summed E-state index contributed by atoms with van der Waals surface area (Å²) >= 11 is 3.15. The molecule has 0 aliphatic heterocycles. The number of carbonyl (C=O) groups excluding carboxylic acids is 1. The second-order valence-corrected chi connectivity index (χ2v) is 6.86. The van der Waals surface area contributed by atoms with Crippen LogP contribution in [0.2, 0.25) is 0 Å². The van der Waals surface area contributed by atoms with Crippen molar-refractivity contribution in [3.8, 4) is 23.0 Å². The molecule has 2 N–H and O–H groups in total. The summed E-state index contributed by atoms with van der Waals surface area (Å²) < 4.78 is 6.10. The molecule has 27 heavy (non-hydrogen) atoms. The van der Waals surface area contributed by atoms with Gasteiger partial charge in [-0.15, -0.1) is 0 Å².